The number of carbonyl (C=O) groups is 1. The van der Waals surface area contributed by atoms with Crippen molar-refractivity contribution in [1.29, 1.82) is 0 Å². The highest BCUT2D eigenvalue weighted by atomic mass is 35.5. The first-order valence-corrected chi connectivity index (χ1v) is 6.78. The van der Waals surface area contributed by atoms with E-state index in [2.05, 4.69) is 5.32 Å². The number of Topliss-reactive ketones (excluding diaryl/α,β-unsaturated/α-hetero) is 1. The third kappa shape index (κ3) is 2.42. The Morgan fingerprint density at radius 1 is 1.32 bits per heavy atom. The molecule has 1 saturated carbocycles. The van der Waals surface area contributed by atoms with Gasteiger partial charge in [-0.3, -0.25) is 4.79 Å². The first kappa shape index (κ1) is 12.8. The Kier molecular flexibility index (Phi) is 3.15. The summed E-state index contributed by atoms with van der Waals surface area (Å²) in [6.07, 6.45) is 2.28. The van der Waals surface area contributed by atoms with Gasteiger partial charge in [-0.25, -0.2) is 0 Å². The minimum atomic E-state index is -0.0516. The summed E-state index contributed by atoms with van der Waals surface area (Å²) in [4.78, 5) is 11.9. The Morgan fingerprint density at radius 2 is 1.95 bits per heavy atom. The molecule has 1 fully saturated rings. The molecular formula is C14H16ClNO3. The lowest BCUT2D eigenvalue weighted by Crippen LogP contribution is -2.19. The Morgan fingerprint density at radius 3 is 2.53 bits per heavy atom. The Balaban J connectivity index is 1.90. The molecule has 1 aromatic carbocycles. The highest BCUT2D eigenvalue weighted by Gasteiger charge is 2.46. The van der Waals surface area contributed by atoms with Gasteiger partial charge in [-0.2, -0.15) is 0 Å². The average molecular weight is 282 g/mol. The molecule has 0 amide bonds. The van der Waals surface area contributed by atoms with Crippen molar-refractivity contribution in [2.24, 2.45) is 5.41 Å². The topological polar surface area (TPSA) is 47.6 Å². The predicted molar refractivity (Wildman–Crippen MR) is 72.4 cm³/mol. The molecule has 0 atom stereocenters. The number of nitrogens with one attached hydrogen (secondary N) is 1. The summed E-state index contributed by atoms with van der Waals surface area (Å²) in [6.45, 7) is 1.57. The van der Waals surface area contributed by atoms with Crippen LogP contribution < -0.4 is 14.8 Å². The van der Waals surface area contributed by atoms with Crippen LogP contribution in [0.4, 0.5) is 0 Å². The van der Waals surface area contributed by atoms with E-state index in [0.29, 0.717) is 35.3 Å². The maximum atomic E-state index is 11.9. The molecule has 0 saturated heterocycles. The molecule has 0 radical (unpaired) electrons. The second-order valence-corrected chi connectivity index (χ2v) is 5.72. The summed E-state index contributed by atoms with van der Waals surface area (Å²) in [5.41, 5.74) is 0.658. The van der Waals surface area contributed by atoms with Gasteiger partial charge in [-0.1, -0.05) is 11.6 Å². The number of rotatable bonds is 3. The number of ether oxygens (including phenoxy) is 2. The highest BCUT2D eigenvalue weighted by Crippen LogP contribution is 2.49. The molecule has 1 aromatic rings. The first-order chi connectivity index (χ1) is 9.13. The minimum Gasteiger partial charge on any atom is -0.489 e. The molecule has 3 rings (SSSR count). The molecule has 0 bridgehead atoms. The monoisotopic (exact) mass is 281 g/mol. The molecule has 102 valence electrons. The maximum absolute atomic E-state index is 11.9. The third-order valence-electron chi connectivity index (χ3n) is 3.70. The molecular weight excluding hydrogens is 266 g/mol. The van der Waals surface area contributed by atoms with E-state index < -0.39 is 0 Å². The van der Waals surface area contributed by atoms with Crippen molar-refractivity contribution < 1.29 is 14.3 Å². The quantitative estimate of drug-likeness (QED) is 0.864. The van der Waals surface area contributed by atoms with E-state index in [1.165, 1.54) is 0 Å². The number of benzene rings is 1. The fourth-order valence-electron chi connectivity index (χ4n) is 2.20. The number of ketones is 1. The zero-order valence-corrected chi connectivity index (χ0v) is 11.5. The molecule has 1 aliphatic carbocycles. The van der Waals surface area contributed by atoms with Crippen LogP contribution in [-0.4, -0.2) is 32.6 Å². The van der Waals surface area contributed by atoms with E-state index in [0.717, 1.165) is 12.8 Å². The zero-order chi connectivity index (χ0) is 13.5. The number of likely N-dealkylation sites (N-methyl/N-ethyl adjacent to an activating group) is 1. The summed E-state index contributed by atoms with van der Waals surface area (Å²) in [5.74, 6) is 1.20. The molecule has 5 heteroatoms. The van der Waals surface area contributed by atoms with Crippen LogP contribution in [0.5, 0.6) is 11.5 Å². The lowest BCUT2D eigenvalue weighted by molar-refractivity contribution is 0.0993. The van der Waals surface area contributed by atoms with Crippen molar-refractivity contribution in [3.8, 4) is 11.5 Å². The first-order valence-electron chi connectivity index (χ1n) is 6.40. The van der Waals surface area contributed by atoms with Gasteiger partial charge in [0.05, 0.1) is 24.8 Å². The van der Waals surface area contributed by atoms with Gasteiger partial charge in [0.25, 0.3) is 0 Å². The lowest BCUT2D eigenvalue weighted by Gasteiger charge is -2.10. The van der Waals surface area contributed by atoms with Gasteiger partial charge in [-0.05, 0) is 26.0 Å². The van der Waals surface area contributed by atoms with E-state index >= 15 is 0 Å². The largest absolute Gasteiger partial charge is 0.489 e. The summed E-state index contributed by atoms with van der Waals surface area (Å²) < 4.78 is 11.6. The van der Waals surface area contributed by atoms with E-state index in [1.807, 2.05) is 0 Å². The van der Waals surface area contributed by atoms with Gasteiger partial charge >= 0.3 is 0 Å². The smallest absolute Gasteiger partial charge is 0.178 e. The molecule has 1 N–H and O–H groups in total. The second kappa shape index (κ2) is 4.69. The van der Waals surface area contributed by atoms with Gasteiger partial charge in [0, 0.05) is 17.0 Å². The highest BCUT2D eigenvalue weighted by molar-refractivity contribution is 6.34. The van der Waals surface area contributed by atoms with Gasteiger partial charge in [-0.15, -0.1) is 0 Å². The summed E-state index contributed by atoms with van der Waals surface area (Å²) in [6, 6.07) is 3.37. The molecule has 19 heavy (non-hydrogen) atoms. The van der Waals surface area contributed by atoms with Crippen LogP contribution in [0.3, 0.4) is 0 Å². The van der Waals surface area contributed by atoms with Gasteiger partial charge in [0.2, 0.25) is 0 Å². The van der Waals surface area contributed by atoms with Gasteiger partial charge in [0.1, 0.15) is 0 Å². The maximum Gasteiger partial charge on any atom is 0.178 e. The van der Waals surface area contributed by atoms with Crippen LogP contribution in [0, 0.1) is 5.41 Å². The minimum absolute atomic E-state index is 0.0516. The van der Waals surface area contributed by atoms with Crippen LogP contribution in [0.1, 0.15) is 23.2 Å². The van der Waals surface area contributed by atoms with Crippen LogP contribution in [-0.2, 0) is 0 Å². The van der Waals surface area contributed by atoms with Crippen LogP contribution in [0.25, 0.3) is 0 Å². The van der Waals surface area contributed by atoms with E-state index in [4.69, 9.17) is 21.1 Å². The standard InChI is InChI=1S/C14H16ClNO3/c1-16-6-11(17)9-4-12-13(5-10(9)15)19-8-14(2-3-14)7-18-12/h4-5,16H,2-3,6-8H2,1H3. The third-order valence-corrected chi connectivity index (χ3v) is 4.01. The molecule has 0 unspecified atom stereocenters. The normalized spacial score (nSPS) is 19.1. The van der Waals surface area contributed by atoms with E-state index in [-0.39, 0.29) is 17.7 Å². The van der Waals surface area contributed by atoms with Crippen LogP contribution in [0.2, 0.25) is 5.02 Å². The SMILES string of the molecule is CNCC(=O)c1cc2c(cc1Cl)OCC1(CC1)CO2. The van der Waals surface area contributed by atoms with Crippen LogP contribution >= 0.6 is 11.6 Å². The van der Waals surface area contributed by atoms with Gasteiger partial charge in [0.15, 0.2) is 17.3 Å². The Bertz CT molecular complexity index is 526. The number of halogens is 1. The van der Waals surface area contributed by atoms with Crippen molar-refractivity contribution in [1.82, 2.24) is 5.32 Å². The van der Waals surface area contributed by atoms with Crippen LogP contribution in [0.15, 0.2) is 12.1 Å². The van der Waals surface area contributed by atoms with E-state index in [9.17, 15) is 4.79 Å². The fraction of sp³-hybridized carbons (Fsp3) is 0.500. The molecule has 1 aliphatic heterocycles. The summed E-state index contributed by atoms with van der Waals surface area (Å²) in [5, 5.41) is 3.24. The second-order valence-electron chi connectivity index (χ2n) is 5.31. The summed E-state index contributed by atoms with van der Waals surface area (Å²) in [7, 11) is 1.73. The number of fused-ring (bicyclic) bond motifs is 1. The number of hydrogen-bond donors (Lipinski definition) is 1. The number of hydrogen-bond acceptors (Lipinski definition) is 4. The zero-order valence-electron chi connectivity index (χ0n) is 10.8. The Labute approximate surface area is 117 Å². The van der Waals surface area contributed by atoms with Crippen molar-refractivity contribution in [3.05, 3.63) is 22.7 Å². The lowest BCUT2D eigenvalue weighted by atomic mass is 10.1. The van der Waals surface area contributed by atoms with Crippen molar-refractivity contribution in [2.45, 2.75) is 12.8 Å². The average Bonchev–Trinajstić information content (AvgIpc) is 3.18. The predicted octanol–water partition coefficient (Wildman–Crippen LogP) is 2.29. The molecule has 4 nitrogen and oxygen atoms in total. The molecule has 0 aromatic heterocycles. The fourth-order valence-corrected chi connectivity index (χ4v) is 2.46. The van der Waals surface area contributed by atoms with E-state index in [1.54, 1.807) is 19.2 Å². The summed E-state index contributed by atoms with van der Waals surface area (Å²) >= 11 is 6.15. The Hall–Kier alpha value is -1.26. The molecule has 1 spiro atoms. The van der Waals surface area contributed by atoms with Crippen molar-refractivity contribution in [2.75, 3.05) is 26.8 Å². The van der Waals surface area contributed by atoms with Crippen molar-refractivity contribution >= 4 is 17.4 Å². The van der Waals surface area contributed by atoms with Gasteiger partial charge < -0.3 is 14.8 Å². The number of carbonyl (C=O) groups excluding carboxylic acids is 1. The molecule has 1 heterocycles. The van der Waals surface area contributed by atoms with Crippen molar-refractivity contribution in [3.63, 3.8) is 0 Å². The molecule has 2 aliphatic rings.